The molecule has 148 valence electrons. The molecule has 1 aromatic carbocycles. The second-order valence-corrected chi connectivity index (χ2v) is 7.27. The Hall–Kier alpha value is -2.48. The molecular weight excluding hydrogens is 392 g/mol. The number of ether oxygens (including phenoxy) is 2. The van der Waals surface area contributed by atoms with Gasteiger partial charge in [-0.15, -0.1) is 0 Å². The quantitative estimate of drug-likeness (QED) is 0.755. The van der Waals surface area contributed by atoms with Gasteiger partial charge in [-0.2, -0.15) is 4.98 Å². The van der Waals surface area contributed by atoms with Crippen molar-refractivity contribution in [3.8, 4) is 11.6 Å². The molecule has 1 saturated heterocycles. The summed E-state index contributed by atoms with van der Waals surface area (Å²) in [5, 5.41) is 0.267. The number of hydrogen-bond acceptors (Lipinski definition) is 5. The third kappa shape index (κ3) is 4.32. The van der Waals surface area contributed by atoms with E-state index in [1.165, 1.54) is 12.4 Å². The molecule has 0 spiro atoms. The van der Waals surface area contributed by atoms with Gasteiger partial charge in [0.25, 0.3) is 11.8 Å². The van der Waals surface area contributed by atoms with Crippen LogP contribution in [-0.2, 0) is 0 Å². The Morgan fingerprint density at radius 3 is 2.43 bits per heavy atom. The van der Waals surface area contributed by atoms with Gasteiger partial charge >= 0.3 is 0 Å². The van der Waals surface area contributed by atoms with Gasteiger partial charge in [0.05, 0.1) is 18.8 Å². The first-order chi connectivity index (χ1) is 13.4. The summed E-state index contributed by atoms with van der Waals surface area (Å²) < 4.78 is 36.8. The number of carbonyl (C=O) groups excluding carboxylic acids is 1. The Labute approximate surface area is 165 Å². The van der Waals surface area contributed by atoms with Crippen LogP contribution in [0.5, 0.6) is 11.6 Å². The van der Waals surface area contributed by atoms with Crippen LogP contribution < -0.4 is 9.47 Å². The van der Waals surface area contributed by atoms with Crippen LogP contribution in [0.25, 0.3) is 0 Å². The molecule has 2 aliphatic rings. The minimum atomic E-state index is -2.74. The first-order valence-corrected chi connectivity index (χ1v) is 9.36. The number of aromatic nitrogens is 2. The van der Waals surface area contributed by atoms with Crippen molar-refractivity contribution in [2.24, 2.45) is 0 Å². The molecule has 2 aromatic rings. The molecule has 2 heterocycles. The number of alkyl halides is 2. The van der Waals surface area contributed by atoms with E-state index in [2.05, 4.69) is 9.97 Å². The third-order valence-corrected chi connectivity index (χ3v) is 4.93. The predicted octanol–water partition coefficient (Wildman–Crippen LogP) is 3.60. The van der Waals surface area contributed by atoms with Crippen LogP contribution in [-0.4, -0.2) is 52.0 Å². The van der Waals surface area contributed by atoms with E-state index in [-0.39, 0.29) is 23.6 Å². The van der Waals surface area contributed by atoms with Crippen molar-refractivity contribution in [2.75, 3.05) is 13.1 Å². The average Bonchev–Trinajstić information content (AvgIpc) is 3.28. The zero-order valence-electron chi connectivity index (χ0n) is 14.9. The normalized spacial score (nSPS) is 21.2. The van der Waals surface area contributed by atoms with Gasteiger partial charge in [-0.1, -0.05) is 11.6 Å². The second-order valence-electron chi connectivity index (χ2n) is 6.89. The summed E-state index contributed by atoms with van der Waals surface area (Å²) in [6.45, 7) is 1.09. The van der Waals surface area contributed by atoms with Gasteiger partial charge in [-0.05, 0) is 24.3 Å². The lowest BCUT2D eigenvalue weighted by Crippen LogP contribution is -2.41. The van der Waals surface area contributed by atoms with Crippen molar-refractivity contribution in [3.63, 3.8) is 0 Å². The number of rotatable bonds is 5. The van der Waals surface area contributed by atoms with Crippen molar-refractivity contribution in [1.82, 2.24) is 14.9 Å². The fourth-order valence-electron chi connectivity index (χ4n) is 3.07. The van der Waals surface area contributed by atoms with E-state index in [0.29, 0.717) is 43.1 Å². The molecule has 1 saturated carbocycles. The van der Waals surface area contributed by atoms with E-state index in [1.807, 2.05) is 0 Å². The molecule has 4 rings (SSSR count). The molecule has 1 atom stereocenters. The molecule has 0 bridgehead atoms. The number of nitrogens with zero attached hydrogens (tertiary/aromatic N) is 3. The van der Waals surface area contributed by atoms with E-state index in [0.717, 1.165) is 0 Å². The van der Waals surface area contributed by atoms with Gasteiger partial charge in [0.2, 0.25) is 5.88 Å². The maximum atomic E-state index is 12.9. The van der Waals surface area contributed by atoms with Crippen molar-refractivity contribution >= 4 is 17.5 Å². The summed E-state index contributed by atoms with van der Waals surface area (Å²) in [6.07, 6.45) is 2.89. The fraction of sp³-hybridized carbons (Fsp3) is 0.421. The molecule has 6 nitrogen and oxygen atoms in total. The monoisotopic (exact) mass is 409 g/mol. The Morgan fingerprint density at radius 1 is 1.14 bits per heavy atom. The van der Waals surface area contributed by atoms with Gasteiger partial charge in [0.1, 0.15) is 11.9 Å². The van der Waals surface area contributed by atoms with Gasteiger partial charge in [0, 0.05) is 31.5 Å². The molecule has 1 aromatic heterocycles. The van der Waals surface area contributed by atoms with Crippen LogP contribution in [0.1, 0.15) is 29.6 Å². The zero-order valence-corrected chi connectivity index (χ0v) is 15.6. The van der Waals surface area contributed by atoms with E-state index in [9.17, 15) is 13.6 Å². The molecule has 9 heteroatoms. The minimum Gasteiger partial charge on any atom is -0.484 e. The molecule has 1 unspecified atom stereocenters. The Bertz CT molecular complexity index is 858. The standard InChI is InChI=1S/C19H18ClF2N3O3/c20-16-10-23-11-17(24-16)28-14-5-7-25(8-6-14)18(26)12-1-3-13(4-2-12)27-15-9-19(15,21)22/h1-4,10-11,14-15H,5-9H2. The van der Waals surface area contributed by atoms with E-state index in [4.69, 9.17) is 21.1 Å². The maximum absolute atomic E-state index is 12.9. The molecule has 1 amide bonds. The van der Waals surface area contributed by atoms with Crippen molar-refractivity contribution < 1.29 is 23.0 Å². The molecular formula is C19H18ClF2N3O3. The summed E-state index contributed by atoms with van der Waals surface area (Å²) in [6, 6.07) is 6.30. The Morgan fingerprint density at radius 2 is 1.82 bits per heavy atom. The smallest absolute Gasteiger partial charge is 0.288 e. The van der Waals surface area contributed by atoms with Crippen molar-refractivity contribution in [3.05, 3.63) is 47.4 Å². The molecule has 1 aliphatic heterocycles. The highest BCUT2D eigenvalue weighted by Gasteiger charge is 2.59. The van der Waals surface area contributed by atoms with Gasteiger partial charge in [0.15, 0.2) is 11.3 Å². The van der Waals surface area contributed by atoms with E-state index in [1.54, 1.807) is 29.2 Å². The van der Waals surface area contributed by atoms with Crippen LogP contribution in [0, 0.1) is 0 Å². The first-order valence-electron chi connectivity index (χ1n) is 8.99. The van der Waals surface area contributed by atoms with Crippen LogP contribution in [0.4, 0.5) is 8.78 Å². The lowest BCUT2D eigenvalue weighted by atomic mass is 10.1. The molecule has 2 fully saturated rings. The highest BCUT2D eigenvalue weighted by atomic mass is 35.5. The second kappa shape index (κ2) is 7.50. The van der Waals surface area contributed by atoms with Gasteiger partial charge in [-0.25, -0.2) is 8.78 Å². The number of benzene rings is 1. The summed E-state index contributed by atoms with van der Waals surface area (Å²) in [4.78, 5) is 22.4. The average molecular weight is 410 g/mol. The molecule has 0 N–H and O–H groups in total. The number of halogens is 3. The SMILES string of the molecule is O=C(c1ccc(OC2CC2(F)F)cc1)N1CCC(Oc2cncc(Cl)n2)CC1. The highest BCUT2D eigenvalue weighted by Crippen LogP contribution is 2.44. The van der Waals surface area contributed by atoms with Gasteiger partial charge in [-0.3, -0.25) is 9.78 Å². The zero-order chi connectivity index (χ0) is 19.7. The number of likely N-dealkylation sites (tertiary alicyclic amines) is 1. The lowest BCUT2D eigenvalue weighted by molar-refractivity contribution is 0.0585. The Kier molecular flexibility index (Phi) is 5.05. The number of carbonyl (C=O) groups is 1. The van der Waals surface area contributed by atoms with Crippen molar-refractivity contribution in [1.29, 1.82) is 0 Å². The minimum absolute atomic E-state index is 0.0622. The van der Waals surface area contributed by atoms with Crippen LogP contribution in [0.15, 0.2) is 36.7 Å². The predicted molar refractivity (Wildman–Crippen MR) is 97.0 cm³/mol. The summed E-state index contributed by atoms with van der Waals surface area (Å²) >= 11 is 5.80. The van der Waals surface area contributed by atoms with Crippen LogP contribution in [0.3, 0.4) is 0 Å². The molecule has 28 heavy (non-hydrogen) atoms. The summed E-state index contributed by atoms with van der Waals surface area (Å²) in [5.74, 6) is -2.13. The van der Waals surface area contributed by atoms with E-state index < -0.39 is 12.0 Å². The summed E-state index contributed by atoms with van der Waals surface area (Å²) in [5.41, 5.74) is 0.495. The van der Waals surface area contributed by atoms with E-state index >= 15 is 0 Å². The third-order valence-electron chi connectivity index (χ3n) is 4.75. The highest BCUT2D eigenvalue weighted by molar-refractivity contribution is 6.29. The Balaban J connectivity index is 1.29. The largest absolute Gasteiger partial charge is 0.484 e. The fourth-order valence-corrected chi connectivity index (χ4v) is 3.21. The number of hydrogen-bond donors (Lipinski definition) is 0. The topological polar surface area (TPSA) is 64.5 Å². The van der Waals surface area contributed by atoms with Gasteiger partial charge < -0.3 is 14.4 Å². The number of amides is 1. The first kappa shape index (κ1) is 18.9. The van der Waals surface area contributed by atoms with Crippen molar-refractivity contribution in [2.45, 2.75) is 37.4 Å². The maximum Gasteiger partial charge on any atom is 0.288 e. The van der Waals surface area contributed by atoms with Crippen LogP contribution in [0.2, 0.25) is 5.15 Å². The van der Waals surface area contributed by atoms with Crippen LogP contribution >= 0.6 is 11.6 Å². The lowest BCUT2D eigenvalue weighted by Gasteiger charge is -2.32. The molecule has 1 aliphatic carbocycles. The summed E-state index contributed by atoms with van der Waals surface area (Å²) in [7, 11) is 0. The molecule has 0 radical (unpaired) electrons. The number of piperidine rings is 1.